The molecule has 1 fully saturated rings. The average molecular weight is 358 g/mol. The fourth-order valence-corrected chi connectivity index (χ4v) is 2.67. The van der Waals surface area contributed by atoms with E-state index in [1.807, 2.05) is 24.3 Å². The van der Waals surface area contributed by atoms with Crippen LogP contribution in [0.2, 0.25) is 0 Å². The van der Waals surface area contributed by atoms with Crippen LogP contribution >= 0.6 is 22.6 Å². The number of carbonyl (C=O) groups is 2. The lowest BCUT2D eigenvalue weighted by atomic mass is 9.96. The third-order valence-electron chi connectivity index (χ3n) is 3.07. The molecule has 0 aliphatic carbocycles. The fraction of sp³-hybridized carbons (Fsp3) is 0.385. The highest BCUT2D eigenvalue weighted by molar-refractivity contribution is 14.1. The lowest BCUT2D eigenvalue weighted by molar-refractivity contribution is -0.136. The number of benzene rings is 1. The highest BCUT2D eigenvalue weighted by Gasteiger charge is 2.44. The van der Waals surface area contributed by atoms with Gasteiger partial charge in [-0.05, 0) is 55.5 Å². The quantitative estimate of drug-likeness (QED) is 0.780. The van der Waals surface area contributed by atoms with Crippen LogP contribution in [-0.2, 0) is 9.59 Å². The Morgan fingerprint density at radius 3 is 2.50 bits per heavy atom. The average Bonchev–Trinajstić information content (AvgIpc) is 2.29. The van der Waals surface area contributed by atoms with Crippen molar-refractivity contribution in [1.29, 1.82) is 0 Å². The van der Waals surface area contributed by atoms with E-state index in [9.17, 15) is 9.59 Å². The largest absolute Gasteiger partial charge is 0.340 e. The molecule has 1 N–H and O–H groups in total. The molecule has 1 aliphatic heterocycles. The van der Waals surface area contributed by atoms with E-state index in [1.54, 1.807) is 25.7 Å². The van der Waals surface area contributed by atoms with Crippen LogP contribution in [0.15, 0.2) is 24.3 Å². The summed E-state index contributed by atoms with van der Waals surface area (Å²) >= 11 is 2.18. The fourth-order valence-electron chi connectivity index (χ4n) is 2.03. The Kier molecular flexibility index (Phi) is 3.35. The van der Waals surface area contributed by atoms with Crippen molar-refractivity contribution < 1.29 is 9.59 Å². The third kappa shape index (κ3) is 2.11. The number of hydrogen-bond donors (Lipinski definition) is 1. The van der Waals surface area contributed by atoms with Crippen molar-refractivity contribution in [2.24, 2.45) is 0 Å². The Hall–Kier alpha value is -1.11. The standard InChI is InChI=1S/C13H15IN2O2/c1-8-11(17)15-13(2,3)12(18)16(8)10-7-5-4-6-9(10)14/h4-8H,1-3H3,(H,15,17). The number of rotatable bonds is 1. The topological polar surface area (TPSA) is 49.4 Å². The van der Waals surface area contributed by atoms with Gasteiger partial charge in [0, 0.05) is 3.57 Å². The van der Waals surface area contributed by atoms with E-state index in [0.717, 1.165) is 9.26 Å². The molecule has 0 radical (unpaired) electrons. The summed E-state index contributed by atoms with van der Waals surface area (Å²) in [6.07, 6.45) is 0. The Morgan fingerprint density at radius 1 is 1.28 bits per heavy atom. The molecule has 5 heteroatoms. The molecule has 0 spiro atoms. The number of carbonyl (C=O) groups excluding carboxylic acids is 2. The van der Waals surface area contributed by atoms with E-state index in [4.69, 9.17) is 0 Å². The molecule has 0 aromatic heterocycles. The van der Waals surface area contributed by atoms with Crippen LogP contribution in [0.1, 0.15) is 20.8 Å². The van der Waals surface area contributed by atoms with E-state index >= 15 is 0 Å². The van der Waals surface area contributed by atoms with Crippen molar-refractivity contribution in [1.82, 2.24) is 5.32 Å². The molecule has 2 amide bonds. The first-order chi connectivity index (χ1) is 8.34. The Balaban J connectivity index is 2.50. The maximum Gasteiger partial charge on any atom is 0.252 e. The van der Waals surface area contributed by atoms with E-state index in [1.165, 1.54) is 0 Å². The zero-order chi connectivity index (χ0) is 13.5. The molecule has 4 nitrogen and oxygen atoms in total. The van der Waals surface area contributed by atoms with Gasteiger partial charge in [0.2, 0.25) is 5.91 Å². The molecule has 0 bridgehead atoms. The lowest BCUT2D eigenvalue weighted by Gasteiger charge is -2.41. The maximum atomic E-state index is 12.5. The molecule has 1 aromatic carbocycles. The zero-order valence-electron chi connectivity index (χ0n) is 10.5. The number of halogens is 1. The molecule has 0 saturated carbocycles. The molecule has 1 heterocycles. The van der Waals surface area contributed by atoms with Crippen molar-refractivity contribution in [3.8, 4) is 0 Å². The van der Waals surface area contributed by atoms with Crippen molar-refractivity contribution in [3.05, 3.63) is 27.8 Å². The predicted molar refractivity (Wildman–Crippen MR) is 78.3 cm³/mol. The van der Waals surface area contributed by atoms with Crippen LogP contribution in [0.3, 0.4) is 0 Å². The molecule has 1 aromatic rings. The van der Waals surface area contributed by atoms with Gasteiger partial charge in [-0.25, -0.2) is 0 Å². The van der Waals surface area contributed by atoms with Crippen molar-refractivity contribution in [3.63, 3.8) is 0 Å². The summed E-state index contributed by atoms with van der Waals surface area (Å²) in [5.41, 5.74) is -0.0683. The van der Waals surface area contributed by atoms with Gasteiger partial charge >= 0.3 is 0 Å². The highest BCUT2D eigenvalue weighted by Crippen LogP contribution is 2.29. The molecular formula is C13H15IN2O2. The SMILES string of the molecule is CC1C(=O)NC(C)(C)C(=O)N1c1ccccc1I. The van der Waals surface area contributed by atoms with E-state index in [2.05, 4.69) is 27.9 Å². The molecule has 96 valence electrons. The minimum absolute atomic E-state index is 0.0845. The van der Waals surface area contributed by atoms with E-state index in [0.29, 0.717) is 0 Å². The Bertz CT molecular complexity index is 513. The molecular weight excluding hydrogens is 343 g/mol. The first-order valence-corrected chi connectivity index (χ1v) is 6.82. The van der Waals surface area contributed by atoms with Gasteiger partial charge in [-0.2, -0.15) is 0 Å². The van der Waals surface area contributed by atoms with Crippen molar-refractivity contribution in [2.75, 3.05) is 4.90 Å². The number of para-hydroxylation sites is 1. The number of nitrogens with one attached hydrogen (secondary N) is 1. The van der Waals surface area contributed by atoms with Crippen molar-refractivity contribution >= 4 is 40.1 Å². The zero-order valence-corrected chi connectivity index (χ0v) is 12.7. The van der Waals surface area contributed by atoms with Gasteiger partial charge in [0.05, 0.1) is 5.69 Å². The molecule has 18 heavy (non-hydrogen) atoms. The monoisotopic (exact) mass is 358 g/mol. The lowest BCUT2D eigenvalue weighted by Crippen LogP contribution is -2.67. The molecule has 1 saturated heterocycles. The maximum absolute atomic E-state index is 12.5. The molecule has 2 rings (SSSR count). The summed E-state index contributed by atoms with van der Waals surface area (Å²) in [5, 5.41) is 2.74. The first-order valence-electron chi connectivity index (χ1n) is 5.75. The normalized spacial score (nSPS) is 22.9. The van der Waals surface area contributed by atoms with Crippen LogP contribution in [0.5, 0.6) is 0 Å². The number of anilines is 1. The van der Waals surface area contributed by atoms with Gasteiger partial charge in [0.25, 0.3) is 5.91 Å². The summed E-state index contributed by atoms with van der Waals surface area (Å²) in [5.74, 6) is -0.210. The van der Waals surface area contributed by atoms with Gasteiger partial charge in [0.15, 0.2) is 0 Å². The second kappa shape index (κ2) is 4.53. The molecule has 1 aliphatic rings. The van der Waals surface area contributed by atoms with E-state index < -0.39 is 11.6 Å². The number of piperazine rings is 1. The van der Waals surface area contributed by atoms with Crippen LogP contribution in [0.4, 0.5) is 5.69 Å². The minimum atomic E-state index is -0.859. The summed E-state index contributed by atoms with van der Waals surface area (Å²) in [4.78, 5) is 26.0. The minimum Gasteiger partial charge on any atom is -0.340 e. The summed E-state index contributed by atoms with van der Waals surface area (Å²) in [7, 11) is 0. The number of amides is 2. The van der Waals surface area contributed by atoms with Crippen LogP contribution in [0.25, 0.3) is 0 Å². The van der Waals surface area contributed by atoms with Gasteiger partial charge in [-0.3, -0.25) is 14.5 Å². The van der Waals surface area contributed by atoms with E-state index in [-0.39, 0.29) is 11.8 Å². The Morgan fingerprint density at radius 2 is 1.89 bits per heavy atom. The van der Waals surface area contributed by atoms with Crippen LogP contribution < -0.4 is 10.2 Å². The van der Waals surface area contributed by atoms with Crippen molar-refractivity contribution in [2.45, 2.75) is 32.4 Å². The number of nitrogens with zero attached hydrogens (tertiary/aromatic N) is 1. The third-order valence-corrected chi connectivity index (χ3v) is 3.98. The van der Waals surface area contributed by atoms with Gasteiger partial charge < -0.3 is 5.32 Å². The predicted octanol–water partition coefficient (Wildman–Crippen LogP) is 1.92. The smallest absolute Gasteiger partial charge is 0.252 e. The van der Waals surface area contributed by atoms with Gasteiger partial charge in [-0.15, -0.1) is 0 Å². The summed E-state index contributed by atoms with van der Waals surface area (Å²) < 4.78 is 0.959. The summed E-state index contributed by atoms with van der Waals surface area (Å²) in [6.45, 7) is 5.19. The second-order valence-corrected chi connectivity index (χ2v) is 6.08. The highest BCUT2D eigenvalue weighted by atomic mass is 127. The van der Waals surface area contributed by atoms with Gasteiger partial charge in [0.1, 0.15) is 11.6 Å². The summed E-state index contributed by atoms with van der Waals surface area (Å²) in [6, 6.07) is 7.09. The number of hydrogen-bond acceptors (Lipinski definition) is 2. The van der Waals surface area contributed by atoms with Gasteiger partial charge in [-0.1, -0.05) is 12.1 Å². The second-order valence-electron chi connectivity index (χ2n) is 4.92. The van der Waals surface area contributed by atoms with Crippen LogP contribution in [0, 0.1) is 3.57 Å². The molecule has 1 atom stereocenters. The Labute approximate surface area is 120 Å². The molecule has 1 unspecified atom stereocenters. The van der Waals surface area contributed by atoms with Crippen LogP contribution in [-0.4, -0.2) is 23.4 Å². The first kappa shape index (κ1) is 13.3.